The largest absolute Gasteiger partial charge is 0.310 e. The first-order valence-electron chi connectivity index (χ1n) is 7.43. The molecule has 3 heteroatoms. The molecular weight excluding hydrogens is 389 g/mol. The van der Waals surface area contributed by atoms with Crippen LogP contribution in [0.15, 0.2) is 53.4 Å². The zero-order valence-corrected chi connectivity index (χ0v) is 15.6. The van der Waals surface area contributed by atoms with Crippen molar-refractivity contribution in [2.24, 2.45) is 0 Å². The first kappa shape index (κ1) is 16.8. The Kier molecular flexibility index (Phi) is 7.07. The number of benzene rings is 2. The lowest BCUT2D eigenvalue weighted by atomic mass is 9.99. The van der Waals surface area contributed by atoms with Crippen LogP contribution in [-0.4, -0.2) is 12.3 Å². The molecule has 0 fully saturated rings. The molecule has 0 aliphatic carbocycles. The molecule has 0 saturated heterocycles. The standard InChI is InChI=1S/C18H22INS/c1-3-20-18(13-14-5-9-16(19)10-6-14)15-7-11-17(12-8-15)21-4-2/h5-12,18,20H,3-4,13H2,1-2H3. The molecule has 112 valence electrons. The van der Waals surface area contributed by atoms with Gasteiger partial charge in [0, 0.05) is 14.5 Å². The molecule has 0 aliphatic heterocycles. The van der Waals surface area contributed by atoms with Gasteiger partial charge >= 0.3 is 0 Å². The Bertz CT molecular complexity index is 536. The third kappa shape index (κ3) is 5.31. The van der Waals surface area contributed by atoms with Crippen LogP contribution in [0.3, 0.4) is 0 Å². The van der Waals surface area contributed by atoms with Gasteiger partial charge in [-0.1, -0.05) is 38.1 Å². The van der Waals surface area contributed by atoms with E-state index in [1.54, 1.807) is 0 Å². The maximum atomic E-state index is 3.60. The van der Waals surface area contributed by atoms with Crippen LogP contribution in [0.1, 0.15) is 31.0 Å². The lowest BCUT2D eigenvalue weighted by Crippen LogP contribution is -2.22. The molecule has 1 atom stereocenters. The average Bonchev–Trinajstić information content (AvgIpc) is 2.50. The van der Waals surface area contributed by atoms with Crippen molar-refractivity contribution >= 4 is 34.4 Å². The van der Waals surface area contributed by atoms with Gasteiger partial charge in [0.05, 0.1) is 0 Å². The van der Waals surface area contributed by atoms with E-state index in [2.05, 4.69) is 90.3 Å². The lowest BCUT2D eigenvalue weighted by Gasteiger charge is -2.19. The number of halogens is 1. The van der Waals surface area contributed by atoms with Crippen molar-refractivity contribution in [3.8, 4) is 0 Å². The third-order valence-corrected chi connectivity index (χ3v) is 5.01. The summed E-state index contributed by atoms with van der Waals surface area (Å²) in [5.74, 6) is 1.12. The van der Waals surface area contributed by atoms with E-state index in [4.69, 9.17) is 0 Å². The zero-order valence-electron chi connectivity index (χ0n) is 12.6. The van der Waals surface area contributed by atoms with E-state index in [9.17, 15) is 0 Å². The van der Waals surface area contributed by atoms with Gasteiger partial charge in [0.1, 0.15) is 0 Å². The van der Waals surface area contributed by atoms with Gasteiger partial charge in [0.2, 0.25) is 0 Å². The van der Waals surface area contributed by atoms with Crippen molar-refractivity contribution in [3.05, 3.63) is 63.2 Å². The molecule has 0 bridgehead atoms. The van der Waals surface area contributed by atoms with Gasteiger partial charge in [-0.25, -0.2) is 0 Å². The van der Waals surface area contributed by atoms with Crippen LogP contribution < -0.4 is 5.32 Å². The van der Waals surface area contributed by atoms with E-state index in [-0.39, 0.29) is 0 Å². The highest BCUT2D eigenvalue weighted by Crippen LogP contribution is 2.23. The summed E-state index contributed by atoms with van der Waals surface area (Å²) in [5, 5.41) is 3.60. The summed E-state index contributed by atoms with van der Waals surface area (Å²) in [6, 6.07) is 18.2. The fourth-order valence-corrected chi connectivity index (χ4v) is 3.39. The second-order valence-electron chi connectivity index (χ2n) is 4.94. The molecule has 0 saturated carbocycles. The number of thioether (sulfide) groups is 1. The molecule has 1 nitrogen and oxygen atoms in total. The van der Waals surface area contributed by atoms with Crippen LogP contribution in [0.25, 0.3) is 0 Å². The number of rotatable bonds is 7. The topological polar surface area (TPSA) is 12.0 Å². The van der Waals surface area contributed by atoms with Crippen LogP contribution in [0, 0.1) is 3.57 Å². The van der Waals surface area contributed by atoms with E-state index in [0.717, 1.165) is 18.7 Å². The minimum absolute atomic E-state index is 0.385. The Morgan fingerprint density at radius 3 is 2.24 bits per heavy atom. The number of hydrogen-bond donors (Lipinski definition) is 1. The molecule has 0 heterocycles. The summed E-state index contributed by atoms with van der Waals surface area (Å²) in [7, 11) is 0. The zero-order chi connectivity index (χ0) is 15.1. The molecule has 0 amide bonds. The Morgan fingerprint density at radius 1 is 1.00 bits per heavy atom. The Hall–Kier alpha value is -0.520. The highest BCUT2D eigenvalue weighted by Gasteiger charge is 2.11. The van der Waals surface area contributed by atoms with Crippen molar-refractivity contribution < 1.29 is 0 Å². The van der Waals surface area contributed by atoms with Crippen molar-refractivity contribution in [1.29, 1.82) is 0 Å². The second-order valence-corrected chi connectivity index (χ2v) is 7.53. The Labute approximate surface area is 146 Å². The van der Waals surface area contributed by atoms with Crippen LogP contribution in [-0.2, 0) is 6.42 Å². The first-order valence-corrected chi connectivity index (χ1v) is 9.50. The SMILES string of the molecule is CCNC(Cc1ccc(I)cc1)c1ccc(SCC)cc1. The smallest absolute Gasteiger partial charge is 0.0360 e. The predicted molar refractivity (Wildman–Crippen MR) is 102 cm³/mol. The minimum Gasteiger partial charge on any atom is -0.310 e. The lowest BCUT2D eigenvalue weighted by molar-refractivity contribution is 0.549. The maximum Gasteiger partial charge on any atom is 0.0360 e. The molecule has 1 N–H and O–H groups in total. The maximum absolute atomic E-state index is 3.60. The summed E-state index contributed by atoms with van der Waals surface area (Å²) in [5.41, 5.74) is 2.75. The molecule has 0 spiro atoms. The second kappa shape index (κ2) is 8.81. The summed E-state index contributed by atoms with van der Waals surface area (Å²) in [6.07, 6.45) is 1.03. The van der Waals surface area contributed by atoms with Crippen LogP contribution in [0.4, 0.5) is 0 Å². The average molecular weight is 411 g/mol. The third-order valence-electron chi connectivity index (χ3n) is 3.40. The molecule has 2 aromatic rings. The summed E-state index contributed by atoms with van der Waals surface area (Å²) in [4.78, 5) is 1.35. The van der Waals surface area contributed by atoms with E-state index >= 15 is 0 Å². The number of likely N-dealkylation sites (N-methyl/N-ethyl adjacent to an activating group) is 1. The van der Waals surface area contributed by atoms with Gasteiger partial charge in [-0.05, 0) is 76.7 Å². The predicted octanol–water partition coefficient (Wildman–Crippen LogP) is 5.30. The molecular formula is C18H22INS. The van der Waals surface area contributed by atoms with Crippen molar-refractivity contribution in [3.63, 3.8) is 0 Å². The molecule has 21 heavy (non-hydrogen) atoms. The fraction of sp³-hybridized carbons (Fsp3) is 0.333. The van der Waals surface area contributed by atoms with Gasteiger partial charge in [0.25, 0.3) is 0 Å². The van der Waals surface area contributed by atoms with Crippen molar-refractivity contribution in [1.82, 2.24) is 5.32 Å². The van der Waals surface area contributed by atoms with Gasteiger partial charge < -0.3 is 5.32 Å². The van der Waals surface area contributed by atoms with Crippen LogP contribution >= 0.6 is 34.4 Å². The molecule has 1 unspecified atom stereocenters. The molecule has 0 radical (unpaired) electrons. The van der Waals surface area contributed by atoms with Gasteiger partial charge in [0.15, 0.2) is 0 Å². The Morgan fingerprint density at radius 2 is 1.67 bits per heavy atom. The summed E-state index contributed by atoms with van der Waals surface area (Å²) >= 11 is 4.25. The van der Waals surface area contributed by atoms with Crippen LogP contribution in [0.2, 0.25) is 0 Å². The van der Waals surface area contributed by atoms with Crippen LogP contribution in [0.5, 0.6) is 0 Å². The number of hydrogen-bond acceptors (Lipinski definition) is 2. The minimum atomic E-state index is 0.385. The van der Waals surface area contributed by atoms with Crippen molar-refractivity contribution in [2.45, 2.75) is 31.2 Å². The quantitative estimate of drug-likeness (QED) is 0.491. The van der Waals surface area contributed by atoms with E-state index < -0.39 is 0 Å². The van der Waals surface area contributed by atoms with E-state index in [1.165, 1.54) is 19.6 Å². The Balaban J connectivity index is 2.12. The molecule has 2 aromatic carbocycles. The summed E-state index contributed by atoms with van der Waals surface area (Å²) in [6.45, 7) is 5.35. The van der Waals surface area contributed by atoms with E-state index in [1.807, 2.05) is 11.8 Å². The highest BCUT2D eigenvalue weighted by atomic mass is 127. The highest BCUT2D eigenvalue weighted by molar-refractivity contribution is 14.1. The fourth-order valence-electron chi connectivity index (χ4n) is 2.37. The molecule has 0 aliphatic rings. The monoisotopic (exact) mass is 411 g/mol. The molecule has 0 aromatic heterocycles. The number of nitrogens with one attached hydrogen (secondary N) is 1. The normalized spacial score (nSPS) is 12.3. The summed E-state index contributed by atoms with van der Waals surface area (Å²) < 4.78 is 1.29. The van der Waals surface area contributed by atoms with Gasteiger partial charge in [-0.15, -0.1) is 11.8 Å². The van der Waals surface area contributed by atoms with E-state index in [0.29, 0.717) is 6.04 Å². The van der Waals surface area contributed by atoms with Gasteiger partial charge in [-0.2, -0.15) is 0 Å². The first-order chi connectivity index (χ1) is 10.2. The van der Waals surface area contributed by atoms with Gasteiger partial charge in [-0.3, -0.25) is 0 Å². The van der Waals surface area contributed by atoms with Crippen molar-refractivity contribution in [2.75, 3.05) is 12.3 Å². The molecule has 2 rings (SSSR count).